The lowest BCUT2D eigenvalue weighted by Gasteiger charge is -2.50. The van der Waals surface area contributed by atoms with Crippen LogP contribution in [0, 0.1) is 11.8 Å². The highest BCUT2D eigenvalue weighted by Crippen LogP contribution is 2.42. The predicted molar refractivity (Wildman–Crippen MR) is 102 cm³/mol. The standard InChI is InChI=1S/C21H26N2O4/c1-3-12-11-23-7-6-13(12)8-19(23)20(24)16-10-18(21(25)26)22-17-5-4-14(27-2)9-15(16)17/h3-5,9-10,12-13,19-21,24-26H,1,6-8,11H2,2H3/t12-,13?,19-,20+/m0/s1. The first-order valence-electron chi connectivity index (χ1n) is 9.41. The second-order valence-corrected chi connectivity index (χ2v) is 7.58. The van der Waals surface area contributed by atoms with Gasteiger partial charge >= 0.3 is 0 Å². The van der Waals surface area contributed by atoms with Gasteiger partial charge in [-0.1, -0.05) is 6.08 Å². The van der Waals surface area contributed by atoms with Crippen LogP contribution in [0.5, 0.6) is 5.75 Å². The average Bonchev–Trinajstić information content (AvgIpc) is 2.71. The molecule has 3 saturated heterocycles. The Kier molecular flexibility index (Phi) is 4.90. The molecule has 3 aliphatic heterocycles. The lowest BCUT2D eigenvalue weighted by molar-refractivity contribution is -0.0486. The number of piperidine rings is 3. The van der Waals surface area contributed by atoms with Crippen LogP contribution in [0.4, 0.5) is 0 Å². The fourth-order valence-electron chi connectivity index (χ4n) is 4.67. The van der Waals surface area contributed by atoms with E-state index in [-0.39, 0.29) is 11.7 Å². The van der Waals surface area contributed by atoms with Crippen LogP contribution in [0.2, 0.25) is 0 Å². The Morgan fingerprint density at radius 2 is 2.11 bits per heavy atom. The number of methoxy groups -OCH3 is 1. The van der Waals surface area contributed by atoms with Crippen molar-refractivity contribution in [2.45, 2.75) is 31.3 Å². The summed E-state index contributed by atoms with van der Waals surface area (Å²) < 4.78 is 5.33. The zero-order valence-corrected chi connectivity index (χ0v) is 15.5. The van der Waals surface area contributed by atoms with Gasteiger partial charge in [-0.25, -0.2) is 4.98 Å². The van der Waals surface area contributed by atoms with E-state index >= 15 is 0 Å². The van der Waals surface area contributed by atoms with E-state index in [1.54, 1.807) is 25.3 Å². The molecule has 2 unspecified atom stereocenters. The van der Waals surface area contributed by atoms with Gasteiger partial charge in [0.15, 0.2) is 6.29 Å². The van der Waals surface area contributed by atoms with Crippen LogP contribution < -0.4 is 4.74 Å². The Balaban J connectivity index is 1.76. The van der Waals surface area contributed by atoms with Crippen molar-refractivity contribution in [1.29, 1.82) is 0 Å². The molecule has 1 aromatic heterocycles. The second kappa shape index (κ2) is 7.20. The highest BCUT2D eigenvalue weighted by molar-refractivity contribution is 5.84. The summed E-state index contributed by atoms with van der Waals surface area (Å²) in [7, 11) is 1.60. The third-order valence-electron chi connectivity index (χ3n) is 6.17. The van der Waals surface area contributed by atoms with Gasteiger partial charge in [0.1, 0.15) is 5.75 Å². The summed E-state index contributed by atoms with van der Waals surface area (Å²) >= 11 is 0. The molecule has 0 amide bonds. The fraction of sp³-hybridized carbons (Fsp3) is 0.476. The molecule has 4 heterocycles. The van der Waals surface area contributed by atoms with Crippen LogP contribution in [0.15, 0.2) is 36.9 Å². The molecule has 0 aliphatic carbocycles. The number of fused-ring (bicyclic) bond motifs is 4. The maximum absolute atomic E-state index is 11.3. The molecule has 0 saturated carbocycles. The molecule has 6 heteroatoms. The lowest BCUT2D eigenvalue weighted by atomic mass is 9.73. The van der Waals surface area contributed by atoms with Crippen molar-refractivity contribution >= 4 is 10.9 Å². The molecule has 3 fully saturated rings. The summed E-state index contributed by atoms with van der Waals surface area (Å²) in [6.45, 7) is 5.84. The van der Waals surface area contributed by atoms with Gasteiger partial charge in [0.05, 0.1) is 24.4 Å². The first kappa shape index (κ1) is 18.4. The van der Waals surface area contributed by atoms with Crippen molar-refractivity contribution in [3.8, 4) is 5.75 Å². The van der Waals surface area contributed by atoms with Gasteiger partial charge in [0.2, 0.25) is 0 Å². The third-order valence-corrected chi connectivity index (χ3v) is 6.17. The zero-order chi connectivity index (χ0) is 19.1. The van der Waals surface area contributed by atoms with Crippen LogP contribution >= 0.6 is 0 Å². The van der Waals surface area contributed by atoms with Crippen molar-refractivity contribution in [1.82, 2.24) is 9.88 Å². The number of nitrogens with zero attached hydrogens (tertiary/aromatic N) is 2. The summed E-state index contributed by atoms with van der Waals surface area (Å²) in [5.41, 5.74) is 1.41. The SMILES string of the molecule is C=C[C@H]1CN2CCC1C[C@H]2[C@H](O)c1cc(C(O)O)nc2ccc(OC)cc12. The normalized spacial score (nSPS) is 28.5. The average molecular weight is 370 g/mol. The molecule has 6 nitrogen and oxygen atoms in total. The van der Waals surface area contributed by atoms with Crippen LogP contribution in [0.3, 0.4) is 0 Å². The van der Waals surface area contributed by atoms with Gasteiger partial charge < -0.3 is 20.1 Å². The number of aromatic nitrogens is 1. The van der Waals surface area contributed by atoms with Crippen molar-refractivity contribution in [3.05, 3.63) is 48.2 Å². The Bertz CT molecular complexity index is 853. The molecule has 144 valence electrons. The molecule has 0 spiro atoms. The Morgan fingerprint density at radius 3 is 2.74 bits per heavy atom. The van der Waals surface area contributed by atoms with E-state index in [4.69, 9.17) is 4.74 Å². The second-order valence-electron chi connectivity index (χ2n) is 7.58. The lowest BCUT2D eigenvalue weighted by Crippen LogP contribution is -2.54. The maximum atomic E-state index is 11.3. The first-order valence-corrected chi connectivity index (χ1v) is 9.41. The molecule has 2 aromatic rings. The Labute approximate surface area is 158 Å². The summed E-state index contributed by atoms with van der Waals surface area (Å²) in [4.78, 5) is 6.65. The number of hydrogen-bond acceptors (Lipinski definition) is 6. The minimum absolute atomic E-state index is 0.000404. The summed E-state index contributed by atoms with van der Waals surface area (Å²) in [6.07, 6.45) is 1.64. The highest BCUT2D eigenvalue weighted by Gasteiger charge is 2.42. The van der Waals surface area contributed by atoms with E-state index in [0.29, 0.717) is 28.7 Å². The van der Waals surface area contributed by atoms with Crippen molar-refractivity contribution in [2.24, 2.45) is 11.8 Å². The summed E-state index contributed by atoms with van der Waals surface area (Å²) in [5.74, 6) is 1.69. The number of aliphatic hydroxyl groups excluding tert-OH is 2. The number of hydrogen-bond donors (Lipinski definition) is 3. The largest absolute Gasteiger partial charge is 0.497 e. The van der Waals surface area contributed by atoms with Crippen molar-refractivity contribution in [3.63, 3.8) is 0 Å². The highest BCUT2D eigenvalue weighted by atomic mass is 16.5. The molecule has 1 aromatic carbocycles. The van der Waals surface area contributed by atoms with Gasteiger partial charge in [-0.15, -0.1) is 6.58 Å². The van der Waals surface area contributed by atoms with Gasteiger partial charge in [-0.05, 0) is 61.1 Å². The number of ether oxygens (including phenoxy) is 1. The van der Waals surface area contributed by atoms with Crippen LogP contribution in [-0.2, 0) is 0 Å². The molecule has 3 aliphatic rings. The molecule has 0 radical (unpaired) electrons. The van der Waals surface area contributed by atoms with Gasteiger partial charge in [-0.2, -0.15) is 0 Å². The molecule has 3 N–H and O–H groups in total. The van der Waals surface area contributed by atoms with Crippen molar-refractivity contribution < 1.29 is 20.1 Å². The van der Waals surface area contributed by atoms with E-state index in [2.05, 4.69) is 16.5 Å². The maximum Gasteiger partial charge on any atom is 0.196 e. The van der Waals surface area contributed by atoms with Crippen LogP contribution in [-0.4, -0.2) is 51.4 Å². The topological polar surface area (TPSA) is 86.1 Å². The van der Waals surface area contributed by atoms with E-state index in [1.807, 2.05) is 12.1 Å². The molecule has 5 atom stereocenters. The van der Waals surface area contributed by atoms with E-state index in [1.165, 1.54) is 0 Å². The molecular formula is C21H26N2O4. The number of rotatable bonds is 5. The Hall–Kier alpha value is -1.99. The van der Waals surface area contributed by atoms with Crippen LogP contribution in [0.1, 0.15) is 36.5 Å². The Morgan fingerprint density at radius 1 is 1.30 bits per heavy atom. The van der Waals surface area contributed by atoms with E-state index in [0.717, 1.165) is 31.3 Å². The first-order chi connectivity index (χ1) is 13.0. The monoisotopic (exact) mass is 370 g/mol. The fourth-order valence-corrected chi connectivity index (χ4v) is 4.67. The van der Waals surface area contributed by atoms with Gasteiger partial charge in [0, 0.05) is 18.0 Å². The van der Waals surface area contributed by atoms with E-state index < -0.39 is 12.4 Å². The molecule has 27 heavy (non-hydrogen) atoms. The minimum Gasteiger partial charge on any atom is -0.497 e. The summed E-state index contributed by atoms with van der Waals surface area (Å²) in [6, 6.07) is 7.00. The predicted octanol–water partition coefficient (Wildman–Crippen LogP) is 2.16. The molecule has 2 bridgehead atoms. The molecular weight excluding hydrogens is 344 g/mol. The quantitative estimate of drug-likeness (QED) is 0.552. The smallest absolute Gasteiger partial charge is 0.196 e. The van der Waals surface area contributed by atoms with Gasteiger partial charge in [0.25, 0.3) is 0 Å². The third kappa shape index (κ3) is 3.23. The number of aliphatic hydroxyl groups is 3. The molecule has 5 rings (SSSR count). The number of benzene rings is 1. The van der Waals surface area contributed by atoms with E-state index in [9.17, 15) is 15.3 Å². The van der Waals surface area contributed by atoms with Crippen molar-refractivity contribution in [2.75, 3.05) is 20.2 Å². The zero-order valence-electron chi connectivity index (χ0n) is 15.5. The minimum atomic E-state index is -1.68. The number of pyridine rings is 1. The van der Waals surface area contributed by atoms with Gasteiger partial charge in [-0.3, -0.25) is 4.90 Å². The summed E-state index contributed by atoms with van der Waals surface area (Å²) in [5, 5.41) is 31.3. The van der Waals surface area contributed by atoms with Crippen LogP contribution in [0.25, 0.3) is 10.9 Å².